The third-order valence-corrected chi connectivity index (χ3v) is 5.70. The Labute approximate surface area is 159 Å². The molecule has 1 heterocycles. The number of nitrogens with zero attached hydrogens (tertiary/aromatic N) is 1. The van der Waals surface area contributed by atoms with E-state index in [2.05, 4.69) is 19.2 Å². The van der Waals surface area contributed by atoms with Crippen LogP contribution in [0.3, 0.4) is 0 Å². The Morgan fingerprint density at radius 2 is 1.92 bits per heavy atom. The highest BCUT2D eigenvalue weighted by molar-refractivity contribution is 8.14. The molecule has 6 heteroatoms. The lowest BCUT2D eigenvalue weighted by Gasteiger charge is -2.29. The summed E-state index contributed by atoms with van der Waals surface area (Å²) in [6, 6.07) is 7.90. The number of carbonyl (C=O) groups excluding carboxylic acids is 3. The minimum atomic E-state index is -0.186. The van der Waals surface area contributed by atoms with Gasteiger partial charge in [-0.25, -0.2) is 0 Å². The van der Waals surface area contributed by atoms with Crippen molar-refractivity contribution < 1.29 is 14.4 Å². The number of carbonyl (C=O) groups is 3. The van der Waals surface area contributed by atoms with Crippen LogP contribution in [0.1, 0.15) is 39.2 Å². The summed E-state index contributed by atoms with van der Waals surface area (Å²) >= 11 is 0.975. The van der Waals surface area contributed by atoms with Crippen molar-refractivity contribution in [3.8, 4) is 0 Å². The van der Waals surface area contributed by atoms with E-state index in [1.54, 1.807) is 4.90 Å². The summed E-state index contributed by atoms with van der Waals surface area (Å²) in [6.45, 7) is 6.83. The molecule has 142 valence electrons. The van der Waals surface area contributed by atoms with Crippen LogP contribution in [0.5, 0.6) is 0 Å². The van der Waals surface area contributed by atoms with Gasteiger partial charge >= 0.3 is 0 Å². The molecule has 0 unspecified atom stereocenters. The maximum atomic E-state index is 12.5. The molecule has 1 aliphatic heterocycles. The van der Waals surface area contributed by atoms with Crippen LogP contribution in [0.25, 0.3) is 0 Å². The van der Waals surface area contributed by atoms with Gasteiger partial charge in [0.15, 0.2) is 0 Å². The molecule has 1 aromatic carbocycles. The smallest absolute Gasteiger partial charge is 0.237 e. The van der Waals surface area contributed by atoms with E-state index in [0.29, 0.717) is 18.9 Å². The molecule has 0 spiro atoms. The van der Waals surface area contributed by atoms with E-state index in [1.165, 1.54) is 5.56 Å². The number of benzene rings is 1. The molecule has 2 amide bonds. The number of hydrogen-bond acceptors (Lipinski definition) is 4. The van der Waals surface area contributed by atoms with E-state index in [-0.39, 0.29) is 35.1 Å². The van der Waals surface area contributed by atoms with Gasteiger partial charge in [0, 0.05) is 18.7 Å². The van der Waals surface area contributed by atoms with Gasteiger partial charge in [-0.15, -0.1) is 0 Å². The quantitative estimate of drug-likeness (QED) is 0.794. The monoisotopic (exact) mass is 376 g/mol. The van der Waals surface area contributed by atoms with Crippen molar-refractivity contribution in [1.82, 2.24) is 5.32 Å². The maximum absolute atomic E-state index is 12.5. The number of rotatable bonds is 7. The lowest BCUT2D eigenvalue weighted by atomic mass is 9.94. The highest BCUT2D eigenvalue weighted by atomic mass is 32.2. The highest BCUT2D eigenvalue weighted by Gasteiger charge is 2.22. The Balaban J connectivity index is 1.76. The van der Waals surface area contributed by atoms with Gasteiger partial charge in [-0.2, -0.15) is 0 Å². The van der Waals surface area contributed by atoms with Gasteiger partial charge in [0.1, 0.15) is 0 Å². The van der Waals surface area contributed by atoms with E-state index in [9.17, 15) is 14.4 Å². The first kappa shape index (κ1) is 20.5. The average Bonchev–Trinajstić information content (AvgIpc) is 2.63. The molecule has 5 nitrogen and oxygen atoms in total. The summed E-state index contributed by atoms with van der Waals surface area (Å²) in [5.74, 6) is 0.631. The highest BCUT2D eigenvalue weighted by Crippen LogP contribution is 2.27. The minimum absolute atomic E-state index is 0.0296. The molecule has 1 aromatic rings. The summed E-state index contributed by atoms with van der Waals surface area (Å²) in [6.07, 6.45) is 2.33. The van der Waals surface area contributed by atoms with Crippen molar-refractivity contribution in [2.45, 2.75) is 40.0 Å². The Morgan fingerprint density at radius 1 is 1.19 bits per heavy atom. The fourth-order valence-electron chi connectivity index (χ4n) is 2.83. The van der Waals surface area contributed by atoms with Gasteiger partial charge in [0.2, 0.25) is 16.9 Å². The second-order valence-corrected chi connectivity index (χ2v) is 8.17. The number of aryl methyl sites for hydroxylation is 1. The van der Waals surface area contributed by atoms with Crippen molar-refractivity contribution >= 4 is 34.4 Å². The van der Waals surface area contributed by atoms with Gasteiger partial charge in [0.25, 0.3) is 0 Å². The van der Waals surface area contributed by atoms with Crippen molar-refractivity contribution in [3.63, 3.8) is 0 Å². The van der Waals surface area contributed by atoms with Crippen LogP contribution in [0.15, 0.2) is 24.3 Å². The predicted octanol–water partition coefficient (Wildman–Crippen LogP) is 3.02. The van der Waals surface area contributed by atoms with Gasteiger partial charge in [0.05, 0.1) is 12.3 Å². The molecule has 26 heavy (non-hydrogen) atoms. The topological polar surface area (TPSA) is 66.5 Å². The molecule has 0 radical (unpaired) electrons. The number of fused-ring (bicyclic) bond motifs is 1. The fourth-order valence-corrected chi connectivity index (χ4v) is 3.45. The largest absolute Gasteiger partial charge is 0.348 e. The molecule has 0 saturated heterocycles. The number of amides is 2. The van der Waals surface area contributed by atoms with Crippen LogP contribution in [0.2, 0.25) is 0 Å². The Hall–Kier alpha value is -1.82. The molecule has 1 N–H and O–H groups in total. The normalized spacial score (nSPS) is 14.7. The summed E-state index contributed by atoms with van der Waals surface area (Å²) in [7, 11) is 0. The van der Waals surface area contributed by atoms with E-state index >= 15 is 0 Å². The molecule has 1 aliphatic rings. The van der Waals surface area contributed by atoms with Crippen molar-refractivity contribution in [1.29, 1.82) is 0 Å². The van der Waals surface area contributed by atoms with Crippen molar-refractivity contribution in [2.24, 2.45) is 11.8 Å². The van der Waals surface area contributed by atoms with E-state index in [4.69, 9.17) is 0 Å². The summed E-state index contributed by atoms with van der Waals surface area (Å²) in [4.78, 5) is 38.1. The number of nitrogens with one attached hydrogen (secondary N) is 1. The number of anilines is 1. The van der Waals surface area contributed by atoms with Gasteiger partial charge in [-0.1, -0.05) is 50.7 Å². The van der Waals surface area contributed by atoms with Gasteiger partial charge < -0.3 is 10.2 Å². The first-order chi connectivity index (χ1) is 12.4. The summed E-state index contributed by atoms with van der Waals surface area (Å²) in [5, 5.41) is 2.47. The predicted molar refractivity (Wildman–Crippen MR) is 106 cm³/mol. The number of para-hydroxylation sites is 1. The standard InChI is InChI=1S/C20H28N2O3S/c1-14(2)15(3)11-18(23)21-12-20(25)26-13-19(24)22-10-6-8-16-7-4-5-9-17(16)22/h4-5,7,9,14-15H,6,8,10-13H2,1-3H3,(H,21,23)/t15-/m1/s1. The van der Waals surface area contributed by atoms with Crippen LogP contribution in [0.4, 0.5) is 5.69 Å². The van der Waals surface area contributed by atoms with Crippen LogP contribution in [-0.2, 0) is 20.8 Å². The van der Waals surface area contributed by atoms with Crippen LogP contribution >= 0.6 is 11.8 Å². The Bertz CT molecular complexity index is 660. The second kappa shape index (κ2) is 9.76. The SMILES string of the molecule is CC(C)[C@H](C)CC(=O)NCC(=O)SCC(=O)N1CCCc2ccccc21. The van der Waals surface area contributed by atoms with E-state index < -0.39 is 0 Å². The third kappa shape index (κ3) is 5.87. The molecule has 2 rings (SSSR count). The van der Waals surface area contributed by atoms with Crippen LogP contribution in [-0.4, -0.2) is 35.8 Å². The minimum Gasteiger partial charge on any atom is -0.348 e. The zero-order valence-electron chi connectivity index (χ0n) is 15.8. The Morgan fingerprint density at radius 3 is 2.65 bits per heavy atom. The Kier molecular flexibility index (Phi) is 7.69. The van der Waals surface area contributed by atoms with Crippen molar-refractivity contribution in [2.75, 3.05) is 23.7 Å². The van der Waals surface area contributed by atoms with Gasteiger partial charge in [-0.3, -0.25) is 14.4 Å². The van der Waals surface area contributed by atoms with E-state index in [0.717, 1.165) is 30.3 Å². The zero-order valence-corrected chi connectivity index (χ0v) is 16.6. The molecule has 0 saturated carbocycles. The van der Waals surface area contributed by atoms with Crippen LogP contribution < -0.4 is 10.2 Å². The van der Waals surface area contributed by atoms with Crippen LogP contribution in [0, 0.1) is 11.8 Å². The second-order valence-electron chi connectivity index (χ2n) is 7.14. The molecule has 1 atom stereocenters. The number of hydrogen-bond donors (Lipinski definition) is 1. The molecular weight excluding hydrogens is 348 g/mol. The zero-order chi connectivity index (χ0) is 19.1. The fraction of sp³-hybridized carbons (Fsp3) is 0.550. The molecule has 0 aliphatic carbocycles. The molecule has 0 aromatic heterocycles. The first-order valence-corrected chi connectivity index (χ1v) is 10.2. The summed E-state index contributed by atoms with van der Waals surface area (Å²) < 4.78 is 0. The van der Waals surface area contributed by atoms with Gasteiger partial charge in [-0.05, 0) is 36.3 Å². The molecule has 0 bridgehead atoms. The maximum Gasteiger partial charge on any atom is 0.237 e. The average molecular weight is 377 g/mol. The lowest BCUT2D eigenvalue weighted by Crippen LogP contribution is -2.37. The first-order valence-electron chi connectivity index (χ1n) is 9.19. The lowest BCUT2D eigenvalue weighted by molar-refractivity contribution is -0.123. The molecular formula is C20H28N2O3S. The summed E-state index contributed by atoms with van der Waals surface area (Å²) in [5.41, 5.74) is 2.13. The van der Waals surface area contributed by atoms with Crippen molar-refractivity contribution in [3.05, 3.63) is 29.8 Å². The third-order valence-electron chi connectivity index (χ3n) is 4.84. The number of thioether (sulfide) groups is 1. The van der Waals surface area contributed by atoms with E-state index in [1.807, 2.05) is 31.2 Å². The molecule has 0 fully saturated rings.